The van der Waals surface area contributed by atoms with Gasteiger partial charge in [0.1, 0.15) is 5.52 Å². The van der Waals surface area contributed by atoms with Crippen LogP contribution >= 0.6 is 0 Å². The molecule has 0 aromatic carbocycles. The van der Waals surface area contributed by atoms with Crippen LogP contribution in [0.5, 0.6) is 0 Å². The molecule has 14 heavy (non-hydrogen) atoms. The number of nitroso groups, excluding NO2 is 1. The van der Waals surface area contributed by atoms with E-state index < -0.39 is 0 Å². The van der Waals surface area contributed by atoms with Crippen molar-refractivity contribution in [2.24, 2.45) is 5.18 Å². The van der Waals surface area contributed by atoms with Crippen molar-refractivity contribution in [2.45, 2.75) is 6.92 Å². The van der Waals surface area contributed by atoms with Crippen molar-refractivity contribution in [1.82, 2.24) is 9.97 Å². The van der Waals surface area contributed by atoms with E-state index in [4.69, 9.17) is 0 Å². The Morgan fingerprint density at radius 2 is 2.21 bits per heavy atom. The zero-order valence-electron chi connectivity index (χ0n) is 7.44. The number of aromatic nitrogens is 2. The number of nitrogens with one attached hydrogen (secondary N) is 1. The van der Waals surface area contributed by atoms with E-state index >= 15 is 0 Å². The molecule has 2 heterocycles. The molecular weight excluding hydrogens is 182 g/mol. The summed E-state index contributed by atoms with van der Waals surface area (Å²) in [4.78, 5) is 28.0. The highest BCUT2D eigenvalue weighted by molar-refractivity contribution is 5.79. The summed E-state index contributed by atoms with van der Waals surface area (Å²) in [5.41, 5.74) is 0.702. The summed E-state index contributed by atoms with van der Waals surface area (Å²) in [7, 11) is 0. The minimum absolute atomic E-state index is 0.0214. The highest BCUT2D eigenvalue weighted by Crippen LogP contribution is 2.13. The van der Waals surface area contributed by atoms with Crippen molar-refractivity contribution < 1.29 is 0 Å². The van der Waals surface area contributed by atoms with Gasteiger partial charge in [0.2, 0.25) is 0 Å². The fourth-order valence-electron chi connectivity index (χ4n) is 1.27. The lowest BCUT2D eigenvalue weighted by atomic mass is 10.2. The van der Waals surface area contributed by atoms with E-state index in [9.17, 15) is 9.70 Å². The molecule has 0 amide bonds. The van der Waals surface area contributed by atoms with Crippen LogP contribution in [-0.4, -0.2) is 9.97 Å². The number of nitrogens with zero attached hydrogens (tertiary/aromatic N) is 2. The van der Waals surface area contributed by atoms with Crippen molar-refractivity contribution in [3.8, 4) is 0 Å². The predicted molar refractivity (Wildman–Crippen MR) is 52.6 cm³/mol. The van der Waals surface area contributed by atoms with E-state index in [2.05, 4.69) is 15.1 Å². The van der Waals surface area contributed by atoms with E-state index in [1.807, 2.05) is 0 Å². The topological polar surface area (TPSA) is 75.2 Å². The second-order valence-corrected chi connectivity index (χ2v) is 2.97. The molecule has 5 heteroatoms. The number of fused-ring (bicyclic) bond motifs is 1. The molecule has 0 spiro atoms. The van der Waals surface area contributed by atoms with Crippen molar-refractivity contribution >= 4 is 16.7 Å². The number of H-pyrrole nitrogens is 1. The maximum atomic E-state index is 11.4. The first-order chi connectivity index (χ1) is 6.70. The molecule has 1 N–H and O–H groups in total. The molecule has 0 bridgehead atoms. The van der Waals surface area contributed by atoms with Gasteiger partial charge in [0.25, 0.3) is 5.56 Å². The SMILES string of the molecule is Cc1ccc2cc(N=O)[nH]c(=O)c2n1. The van der Waals surface area contributed by atoms with Crippen LogP contribution in [0.4, 0.5) is 5.82 Å². The smallest absolute Gasteiger partial charge is 0.276 e. The van der Waals surface area contributed by atoms with Crippen LogP contribution in [0.15, 0.2) is 28.2 Å². The molecule has 0 aliphatic rings. The zero-order valence-corrected chi connectivity index (χ0v) is 7.44. The van der Waals surface area contributed by atoms with Gasteiger partial charge >= 0.3 is 0 Å². The molecule has 2 aromatic heterocycles. The third-order valence-electron chi connectivity index (χ3n) is 1.91. The molecule has 5 nitrogen and oxygen atoms in total. The Morgan fingerprint density at radius 1 is 1.43 bits per heavy atom. The van der Waals surface area contributed by atoms with Gasteiger partial charge in [0, 0.05) is 11.1 Å². The van der Waals surface area contributed by atoms with Crippen LogP contribution in [0.1, 0.15) is 5.69 Å². The molecule has 0 unspecified atom stereocenters. The van der Waals surface area contributed by atoms with Gasteiger partial charge in [-0.2, -0.15) is 0 Å². The number of hydrogen-bond donors (Lipinski definition) is 1. The van der Waals surface area contributed by atoms with E-state index in [1.165, 1.54) is 6.07 Å². The number of hydrogen-bond acceptors (Lipinski definition) is 4. The van der Waals surface area contributed by atoms with E-state index in [1.54, 1.807) is 19.1 Å². The number of aromatic amines is 1. The van der Waals surface area contributed by atoms with Crippen LogP contribution in [0.2, 0.25) is 0 Å². The van der Waals surface area contributed by atoms with Gasteiger partial charge < -0.3 is 4.98 Å². The van der Waals surface area contributed by atoms with Gasteiger partial charge in [-0.3, -0.25) is 4.79 Å². The third kappa shape index (κ3) is 1.28. The molecule has 0 saturated carbocycles. The summed E-state index contributed by atoms with van der Waals surface area (Å²) in [6.45, 7) is 1.80. The van der Waals surface area contributed by atoms with Crippen molar-refractivity contribution in [3.05, 3.63) is 39.2 Å². The van der Waals surface area contributed by atoms with Crippen molar-refractivity contribution in [1.29, 1.82) is 0 Å². The standard InChI is InChI=1S/C9H7N3O2/c1-5-2-3-6-4-7(12-14)11-9(13)8(6)10-5/h2-4H,1H3,(H,11,13). The fourth-order valence-corrected chi connectivity index (χ4v) is 1.27. The van der Waals surface area contributed by atoms with Crippen LogP contribution < -0.4 is 5.56 Å². The number of rotatable bonds is 1. The fraction of sp³-hybridized carbons (Fsp3) is 0.111. The van der Waals surface area contributed by atoms with Crippen LogP contribution in [-0.2, 0) is 0 Å². The summed E-state index contributed by atoms with van der Waals surface area (Å²) >= 11 is 0. The van der Waals surface area contributed by atoms with Crippen molar-refractivity contribution in [3.63, 3.8) is 0 Å². The Balaban J connectivity index is 2.90. The average molecular weight is 189 g/mol. The highest BCUT2D eigenvalue weighted by Gasteiger charge is 2.03. The molecule has 70 valence electrons. The zero-order chi connectivity index (χ0) is 10.1. The normalized spacial score (nSPS) is 10.4. The summed E-state index contributed by atoms with van der Waals surface area (Å²) in [5.74, 6) is 0.0214. The Kier molecular flexibility index (Phi) is 1.85. The van der Waals surface area contributed by atoms with Gasteiger partial charge in [0.15, 0.2) is 5.82 Å². The molecule has 0 saturated heterocycles. The summed E-state index contributed by atoms with van der Waals surface area (Å²) < 4.78 is 0. The van der Waals surface area contributed by atoms with E-state index in [-0.39, 0.29) is 11.4 Å². The Bertz CT molecular complexity index is 559. The van der Waals surface area contributed by atoms with Gasteiger partial charge in [-0.25, -0.2) is 4.98 Å². The second kappa shape index (κ2) is 3.02. The molecule has 2 rings (SSSR count). The average Bonchev–Trinajstić information content (AvgIpc) is 2.19. The monoisotopic (exact) mass is 189 g/mol. The molecule has 2 aromatic rings. The van der Waals surface area contributed by atoms with E-state index in [0.29, 0.717) is 10.9 Å². The Morgan fingerprint density at radius 3 is 2.93 bits per heavy atom. The Hall–Kier alpha value is -2.04. The third-order valence-corrected chi connectivity index (χ3v) is 1.91. The molecule has 0 atom stereocenters. The molecule has 0 radical (unpaired) electrons. The first-order valence-electron chi connectivity index (χ1n) is 4.05. The molecular formula is C9H7N3O2. The van der Waals surface area contributed by atoms with E-state index in [0.717, 1.165) is 5.69 Å². The quantitative estimate of drug-likeness (QED) is 0.692. The minimum Gasteiger partial charge on any atom is -0.302 e. The molecule has 0 aliphatic heterocycles. The first-order valence-corrected chi connectivity index (χ1v) is 4.05. The second-order valence-electron chi connectivity index (χ2n) is 2.97. The maximum absolute atomic E-state index is 11.4. The van der Waals surface area contributed by atoms with Gasteiger partial charge in [-0.1, -0.05) is 6.07 Å². The van der Waals surface area contributed by atoms with Crippen LogP contribution in [0, 0.1) is 11.8 Å². The summed E-state index contributed by atoms with van der Waals surface area (Å²) in [5, 5.41) is 3.29. The van der Waals surface area contributed by atoms with Crippen LogP contribution in [0.3, 0.4) is 0 Å². The largest absolute Gasteiger partial charge is 0.302 e. The Labute approximate surface area is 78.8 Å². The van der Waals surface area contributed by atoms with Gasteiger partial charge in [-0.15, -0.1) is 4.91 Å². The lowest BCUT2D eigenvalue weighted by Crippen LogP contribution is -2.07. The molecule has 0 fully saturated rings. The van der Waals surface area contributed by atoms with Crippen molar-refractivity contribution in [2.75, 3.05) is 0 Å². The summed E-state index contributed by atoms with van der Waals surface area (Å²) in [6.07, 6.45) is 0. The lowest BCUT2D eigenvalue weighted by Gasteiger charge is -1.97. The van der Waals surface area contributed by atoms with Gasteiger partial charge in [-0.05, 0) is 24.2 Å². The number of pyridine rings is 2. The lowest BCUT2D eigenvalue weighted by molar-refractivity contribution is 1.18. The predicted octanol–water partition coefficient (Wildman–Crippen LogP) is 1.63. The minimum atomic E-state index is -0.388. The summed E-state index contributed by atoms with van der Waals surface area (Å²) in [6, 6.07) is 5.01. The maximum Gasteiger partial charge on any atom is 0.276 e. The van der Waals surface area contributed by atoms with Gasteiger partial charge in [0.05, 0.1) is 0 Å². The van der Waals surface area contributed by atoms with Crippen LogP contribution in [0.25, 0.3) is 10.9 Å². The highest BCUT2D eigenvalue weighted by atomic mass is 16.3. The first kappa shape index (κ1) is 8.55. The molecule has 0 aliphatic carbocycles. The number of aryl methyl sites for hydroxylation is 1.